The summed E-state index contributed by atoms with van der Waals surface area (Å²) in [5, 5.41) is 9.57. The molecule has 24 heavy (non-hydrogen) atoms. The van der Waals surface area contributed by atoms with E-state index in [1.54, 1.807) is 30.4 Å². The van der Waals surface area contributed by atoms with Gasteiger partial charge in [0.1, 0.15) is 6.04 Å². The van der Waals surface area contributed by atoms with Gasteiger partial charge in [-0.05, 0) is 30.2 Å². The summed E-state index contributed by atoms with van der Waals surface area (Å²) in [7, 11) is 1.55. The molecule has 2 amide bonds. The maximum absolute atomic E-state index is 12.3. The zero-order valence-corrected chi connectivity index (χ0v) is 13.7. The second kappa shape index (κ2) is 8.78. The summed E-state index contributed by atoms with van der Waals surface area (Å²) in [5.74, 6) is 0.167. The molecule has 2 aromatic rings. The minimum absolute atomic E-state index is 0.250. The average Bonchev–Trinajstić information content (AvgIpc) is 3.11. The Hall–Kier alpha value is -2.74. The lowest BCUT2D eigenvalue weighted by Gasteiger charge is -2.17. The van der Waals surface area contributed by atoms with E-state index in [4.69, 9.17) is 4.74 Å². The van der Waals surface area contributed by atoms with E-state index in [-0.39, 0.29) is 11.8 Å². The molecule has 8 nitrogen and oxygen atoms in total. The SMILES string of the molecule is COCCC(NC(C)=O)C(=O)NCc1ccnc(-n2cccn2)c1. The lowest BCUT2D eigenvalue weighted by molar-refractivity contribution is -0.128. The number of carbonyl (C=O) groups is 2. The lowest BCUT2D eigenvalue weighted by Crippen LogP contribution is -2.46. The van der Waals surface area contributed by atoms with Crippen LogP contribution in [0.4, 0.5) is 0 Å². The summed E-state index contributed by atoms with van der Waals surface area (Å²) in [5.41, 5.74) is 0.886. The monoisotopic (exact) mass is 331 g/mol. The zero-order valence-electron chi connectivity index (χ0n) is 13.7. The molecule has 128 valence electrons. The Morgan fingerprint density at radius 3 is 2.88 bits per heavy atom. The van der Waals surface area contributed by atoms with Crippen LogP contribution in [0.5, 0.6) is 0 Å². The predicted octanol–water partition coefficient (Wildman–Crippen LogP) is 0.425. The van der Waals surface area contributed by atoms with Crippen molar-refractivity contribution < 1.29 is 14.3 Å². The Labute approximate surface area is 140 Å². The molecular weight excluding hydrogens is 310 g/mol. The van der Waals surface area contributed by atoms with Crippen molar-refractivity contribution in [3.05, 3.63) is 42.4 Å². The van der Waals surface area contributed by atoms with Crippen LogP contribution in [0.2, 0.25) is 0 Å². The smallest absolute Gasteiger partial charge is 0.242 e. The third kappa shape index (κ3) is 5.17. The number of carbonyl (C=O) groups excluding carboxylic acids is 2. The van der Waals surface area contributed by atoms with E-state index >= 15 is 0 Å². The number of methoxy groups -OCH3 is 1. The van der Waals surface area contributed by atoms with Crippen LogP contribution in [0.15, 0.2) is 36.8 Å². The first-order valence-corrected chi connectivity index (χ1v) is 7.59. The van der Waals surface area contributed by atoms with E-state index in [9.17, 15) is 9.59 Å². The summed E-state index contributed by atoms with van der Waals surface area (Å²) < 4.78 is 6.62. The Morgan fingerprint density at radius 1 is 1.38 bits per heavy atom. The van der Waals surface area contributed by atoms with Gasteiger partial charge in [0.25, 0.3) is 0 Å². The first kappa shape index (κ1) is 17.6. The molecule has 2 rings (SSSR count). The Balaban J connectivity index is 1.97. The first-order valence-electron chi connectivity index (χ1n) is 7.59. The predicted molar refractivity (Wildman–Crippen MR) is 87.3 cm³/mol. The molecule has 1 unspecified atom stereocenters. The van der Waals surface area contributed by atoms with Gasteiger partial charge >= 0.3 is 0 Å². The van der Waals surface area contributed by atoms with Crippen molar-refractivity contribution in [1.82, 2.24) is 25.4 Å². The molecule has 0 aliphatic heterocycles. The second-order valence-electron chi connectivity index (χ2n) is 5.23. The molecule has 0 aliphatic carbocycles. The van der Waals surface area contributed by atoms with Crippen molar-refractivity contribution in [3.8, 4) is 5.82 Å². The number of hydrogen-bond acceptors (Lipinski definition) is 5. The van der Waals surface area contributed by atoms with Crippen molar-refractivity contribution in [2.24, 2.45) is 0 Å². The molecule has 0 bridgehead atoms. The quantitative estimate of drug-likeness (QED) is 0.731. The molecule has 1 atom stereocenters. The van der Waals surface area contributed by atoms with Gasteiger partial charge in [-0.2, -0.15) is 5.10 Å². The van der Waals surface area contributed by atoms with Gasteiger partial charge in [0, 0.05) is 45.8 Å². The van der Waals surface area contributed by atoms with Gasteiger partial charge < -0.3 is 15.4 Å². The molecule has 8 heteroatoms. The largest absolute Gasteiger partial charge is 0.385 e. The minimum atomic E-state index is -0.616. The van der Waals surface area contributed by atoms with Gasteiger partial charge in [0.05, 0.1) is 0 Å². The van der Waals surface area contributed by atoms with E-state index in [2.05, 4.69) is 20.7 Å². The summed E-state index contributed by atoms with van der Waals surface area (Å²) in [6.45, 7) is 2.10. The summed E-state index contributed by atoms with van der Waals surface area (Å²) in [6, 6.07) is 4.85. The van der Waals surface area contributed by atoms with Crippen molar-refractivity contribution >= 4 is 11.8 Å². The fourth-order valence-electron chi connectivity index (χ4n) is 2.16. The van der Waals surface area contributed by atoms with E-state index in [1.165, 1.54) is 6.92 Å². The normalized spacial score (nSPS) is 11.8. The standard InChI is InChI=1S/C16H21N5O3/c1-12(22)20-14(5-9-24-2)16(23)18-11-13-4-7-17-15(10-13)21-8-3-6-19-21/h3-4,6-8,10,14H,5,9,11H2,1-2H3,(H,18,23)(H,20,22). The fraction of sp³-hybridized carbons (Fsp3) is 0.375. The highest BCUT2D eigenvalue weighted by Gasteiger charge is 2.18. The summed E-state index contributed by atoms with van der Waals surface area (Å²) in [4.78, 5) is 27.7. The van der Waals surface area contributed by atoms with Gasteiger partial charge in [0.15, 0.2) is 5.82 Å². The van der Waals surface area contributed by atoms with Crippen LogP contribution in [0.3, 0.4) is 0 Å². The van der Waals surface area contributed by atoms with Gasteiger partial charge in [-0.15, -0.1) is 0 Å². The molecule has 2 aromatic heterocycles. The number of pyridine rings is 1. The average molecular weight is 331 g/mol. The minimum Gasteiger partial charge on any atom is -0.385 e. The van der Waals surface area contributed by atoms with Crippen LogP contribution in [0.25, 0.3) is 5.82 Å². The van der Waals surface area contributed by atoms with Crippen molar-refractivity contribution in [2.45, 2.75) is 25.9 Å². The highest BCUT2D eigenvalue weighted by atomic mass is 16.5. The second-order valence-corrected chi connectivity index (χ2v) is 5.23. The molecule has 0 spiro atoms. The third-order valence-electron chi connectivity index (χ3n) is 3.32. The number of nitrogens with zero attached hydrogens (tertiary/aromatic N) is 3. The Bertz CT molecular complexity index is 672. The molecule has 0 saturated heterocycles. The van der Waals surface area contributed by atoms with E-state index in [1.807, 2.05) is 18.2 Å². The van der Waals surface area contributed by atoms with Crippen LogP contribution in [0, 0.1) is 0 Å². The van der Waals surface area contributed by atoms with Crippen molar-refractivity contribution in [3.63, 3.8) is 0 Å². The van der Waals surface area contributed by atoms with Gasteiger partial charge in [-0.25, -0.2) is 9.67 Å². The van der Waals surface area contributed by atoms with E-state index in [0.29, 0.717) is 25.4 Å². The maximum Gasteiger partial charge on any atom is 0.242 e. The molecular formula is C16H21N5O3. The first-order chi connectivity index (χ1) is 11.6. The highest BCUT2D eigenvalue weighted by Crippen LogP contribution is 2.06. The Kier molecular flexibility index (Phi) is 6.44. The number of amides is 2. The van der Waals surface area contributed by atoms with Gasteiger partial charge in [-0.1, -0.05) is 0 Å². The van der Waals surface area contributed by atoms with Crippen molar-refractivity contribution in [1.29, 1.82) is 0 Å². The molecule has 2 N–H and O–H groups in total. The number of rotatable bonds is 8. The van der Waals surface area contributed by atoms with Crippen LogP contribution >= 0.6 is 0 Å². The molecule has 2 heterocycles. The van der Waals surface area contributed by atoms with Gasteiger partial charge in [-0.3, -0.25) is 9.59 Å². The maximum atomic E-state index is 12.3. The number of aromatic nitrogens is 3. The van der Waals surface area contributed by atoms with Gasteiger partial charge in [0.2, 0.25) is 11.8 Å². The number of hydrogen-bond donors (Lipinski definition) is 2. The molecule has 0 aromatic carbocycles. The molecule has 0 aliphatic rings. The summed E-state index contributed by atoms with van der Waals surface area (Å²) in [6.07, 6.45) is 5.54. The summed E-state index contributed by atoms with van der Waals surface area (Å²) >= 11 is 0. The number of ether oxygens (including phenoxy) is 1. The Morgan fingerprint density at radius 2 is 2.21 bits per heavy atom. The molecule has 0 fully saturated rings. The number of nitrogens with one attached hydrogen (secondary N) is 2. The zero-order chi connectivity index (χ0) is 17.4. The highest BCUT2D eigenvalue weighted by molar-refractivity contribution is 5.86. The van der Waals surface area contributed by atoms with Crippen LogP contribution < -0.4 is 10.6 Å². The van der Waals surface area contributed by atoms with E-state index in [0.717, 1.165) is 5.56 Å². The molecule has 0 saturated carbocycles. The molecule has 0 radical (unpaired) electrons. The topological polar surface area (TPSA) is 98.1 Å². The fourth-order valence-corrected chi connectivity index (χ4v) is 2.16. The van der Waals surface area contributed by atoms with Crippen LogP contribution in [-0.4, -0.2) is 46.3 Å². The van der Waals surface area contributed by atoms with Crippen LogP contribution in [-0.2, 0) is 20.9 Å². The third-order valence-corrected chi connectivity index (χ3v) is 3.32. The van der Waals surface area contributed by atoms with Crippen LogP contribution in [0.1, 0.15) is 18.9 Å². The van der Waals surface area contributed by atoms with E-state index < -0.39 is 6.04 Å². The lowest BCUT2D eigenvalue weighted by atomic mass is 10.2. The van der Waals surface area contributed by atoms with Crippen molar-refractivity contribution in [2.75, 3.05) is 13.7 Å².